The number of carboxylic acids is 1. The number of benzene rings is 1. The fraction of sp³-hybridized carbons (Fsp3) is 0.0833. The number of anilines is 1. The van der Waals surface area contributed by atoms with Crippen LogP contribution in [0.5, 0.6) is 5.75 Å². The van der Waals surface area contributed by atoms with E-state index in [2.05, 4.69) is 0 Å². The van der Waals surface area contributed by atoms with Crippen molar-refractivity contribution in [1.29, 1.82) is 0 Å². The summed E-state index contributed by atoms with van der Waals surface area (Å²) in [4.78, 5) is 11.9. The quantitative estimate of drug-likeness (QED) is 0.850. The number of rotatable bonds is 3. The minimum Gasteiger partial charge on any atom is -0.494 e. The van der Waals surface area contributed by atoms with Gasteiger partial charge in [-0.3, -0.25) is 0 Å². The number of hydrogen-bond donors (Lipinski definition) is 2. The second kappa shape index (κ2) is 5.75. The normalized spacial score (nSPS) is 9.61. The van der Waals surface area contributed by atoms with Crippen molar-refractivity contribution in [1.82, 2.24) is 0 Å². The van der Waals surface area contributed by atoms with Crippen molar-refractivity contribution in [2.45, 2.75) is 0 Å². The van der Waals surface area contributed by atoms with Gasteiger partial charge >= 0.3 is 5.97 Å². The number of nitrogens with two attached hydrogens (primary N) is 1. The molecule has 1 heterocycles. The van der Waals surface area contributed by atoms with Crippen LogP contribution in [0.15, 0.2) is 30.3 Å². The van der Waals surface area contributed by atoms with Crippen LogP contribution in [0.3, 0.4) is 0 Å². The van der Waals surface area contributed by atoms with E-state index in [1.54, 1.807) is 25.3 Å². The second-order valence-corrected chi connectivity index (χ2v) is 4.48. The molecule has 0 bridgehead atoms. The van der Waals surface area contributed by atoms with Crippen molar-refractivity contribution in [3.05, 3.63) is 35.2 Å². The number of methoxy groups -OCH3 is 1. The average Bonchev–Trinajstić information content (AvgIpc) is 2.77. The van der Waals surface area contributed by atoms with Crippen molar-refractivity contribution < 1.29 is 14.6 Å². The summed E-state index contributed by atoms with van der Waals surface area (Å²) in [5, 5.41) is 8.88. The van der Waals surface area contributed by atoms with Crippen LogP contribution in [0.25, 0.3) is 10.4 Å². The van der Waals surface area contributed by atoms with Crippen LogP contribution in [-0.2, 0) is 0 Å². The number of halogens is 1. The lowest BCUT2D eigenvalue weighted by Gasteiger charge is -2.08. The van der Waals surface area contributed by atoms with Gasteiger partial charge in [0.1, 0.15) is 10.6 Å². The molecule has 1 aromatic heterocycles. The Labute approximate surface area is 114 Å². The van der Waals surface area contributed by atoms with Crippen molar-refractivity contribution in [2.75, 3.05) is 12.8 Å². The fourth-order valence-corrected chi connectivity index (χ4v) is 2.44. The number of hydrogen-bond acceptors (Lipinski definition) is 4. The lowest BCUT2D eigenvalue weighted by atomic mass is 10.1. The summed E-state index contributed by atoms with van der Waals surface area (Å²) in [5.74, 6) is -0.351. The van der Waals surface area contributed by atoms with E-state index in [0.29, 0.717) is 16.3 Å². The van der Waals surface area contributed by atoms with Crippen LogP contribution < -0.4 is 10.5 Å². The van der Waals surface area contributed by atoms with Crippen LogP contribution in [0.4, 0.5) is 5.69 Å². The van der Waals surface area contributed by atoms with E-state index >= 15 is 0 Å². The highest BCUT2D eigenvalue weighted by atomic mass is 35.5. The maximum atomic E-state index is 10.8. The van der Waals surface area contributed by atoms with Crippen LogP contribution in [0, 0.1) is 0 Å². The molecule has 6 heteroatoms. The third-order valence-corrected chi connectivity index (χ3v) is 3.44. The third-order valence-electron chi connectivity index (χ3n) is 2.33. The molecule has 0 atom stereocenters. The summed E-state index contributed by atoms with van der Waals surface area (Å²) in [7, 11) is 1.54. The number of ether oxygens (including phenoxy) is 1. The number of aromatic carboxylic acids is 1. The standard InChI is InChI=1S/C12H11NO3S.ClH/c1-16-11-7(3-2-4-8(11)13)9-5-6-10(17-9)12(14)15;/h2-6H,13H2,1H3,(H,14,15);1H. The zero-order chi connectivity index (χ0) is 12.4. The monoisotopic (exact) mass is 285 g/mol. The lowest BCUT2D eigenvalue weighted by molar-refractivity contribution is 0.0702. The zero-order valence-corrected chi connectivity index (χ0v) is 11.2. The Morgan fingerprint density at radius 3 is 2.61 bits per heavy atom. The number of carbonyl (C=O) groups is 1. The minimum atomic E-state index is -0.927. The average molecular weight is 286 g/mol. The van der Waals surface area contributed by atoms with Crippen LogP contribution in [0.2, 0.25) is 0 Å². The molecule has 0 aliphatic rings. The Balaban J connectivity index is 0.00000162. The molecule has 1 aromatic carbocycles. The number of thiophene rings is 1. The Kier molecular flexibility index (Phi) is 4.58. The molecule has 3 N–H and O–H groups in total. The zero-order valence-electron chi connectivity index (χ0n) is 9.54. The van der Waals surface area contributed by atoms with Gasteiger partial charge in [0, 0.05) is 10.4 Å². The van der Waals surface area contributed by atoms with E-state index in [-0.39, 0.29) is 12.4 Å². The topological polar surface area (TPSA) is 72.5 Å². The number of para-hydroxylation sites is 1. The Bertz CT molecular complexity index is 568. The molecule has 0 saturated carbocycles. The first kappa shape index (κ1) is 14.3. The van der Waals surface area contributed by atoms with E-state index in [1.165, 1.54) is 11.3 Å². The maximum Gasteiger partial charge on any atom is 0.345 e. The van der Waals surface area contributed by atoms with E-state index in [9.17, 15) is 4.79 Å². The Morgan fingerprint density at radius 1 is 1.33 bits per heavy atom. The van der Waals surface area contributed by atoms with E-state index in [0.717, 1.165) is 10.4 Å². The van der Waals surface area contributed by atoms with Gasteiger partial charge in [0.05, 0.1) is 12.8 Å². The highest BCUT2D eigenvalue weighted by molar-refractivity contribution is 7.17. The summed E-state index contributed by atoms with van der Waals surface area (Å²) < 4.78 is 5.23. The number of nitrogen functional groups attached to an aromatic ring is 1. The smallest absolute Gasteiger partial charge is 0.345 e. The van der Waals surface area contributed by atoms with Gasteiger partial charge in [-0.25, -0.2) is 4.79 Å². The largest absolute Gasteiger partial charge is 0.494 e. The predicted octanol–water partition coefficient (Wildman–Crippen LogP) is 3.13. The highest BCUT2D eigenvalue weighted by Gasteiger charge is 2.13. The molecule has 0 fully saturated rings. The number of carboxylic acid groups (broad SMARTS) is 1. The van der Waals surface area contributed by atoms with Crippen LogP contribution in [0.1, 0.15) is 9.67 Å². The molecule has 0 saturated heterocycles. The molecule has 0 aliphatic carbocycles. The van der Waals surface area contributed by atoms with Crippen LogP contribution in [-0.4, -0.2) is 18.2 Å². The van der Waals surface area contributed by atoms with Crippen LogP contribution >= 0.6 is 23.7 Å². The molecule has 96 valence electrons. The molecule has 18 heavy (non-hydrogen) atoms. The molecular weight excluding hydrogens is 274 g/mol. The molecule has 2 aromatic rings. The van der Waals surface area contributed by atoms with Crippen molar-refractivity contribution >= 4 is 35.4 Å². The third kappa shape index (κ3) is 2.57. The molecule has 0 amide bonds. The lowest BCUT2D eigenvalue weighted by Crippen LogP contribution is -1.93. The predicted molar refractivity (Wildman–Crippen MR) is 74.9 cm³/mol. The van der Waals surface area contributed by atoms with Crippen molar-refractivity contribution in [3.8, 4) is 16.2 Å². The minimum absolute atomic E-state index is 0. The van der Waals surface area contributed by atoms with E-state index in [1.807, 2.05) is 12.1 Å². The van der Waals surface area contributed by atoms with Gasteiger partial charge in [0.15, 0.2) is 0 Å². The summed E-state index contributed by atoms with van der Waals surface area (Å²) in [5.41, 5.74) is 7.15. The van der Waals surface area contributed by atoms with Crippen molar-refractivity contribution in [2.24, 2.45) is 0 Å². The van der Waals surface area contributed by atoms with Crippen molar-refractivity contribution in [3.63, 3.8) is 0 Å². The summed E-state index contributed by atoms with van der Waals surface area (Å²) in [6, 6.07) is 8.74. The molecule has 2 rings (SSSR count). The molecule has 0 spiro atoms. The maximum absolute atomic E-state index is 10.8. The van der Waals surface area contributed by atoms with Gasteiger partial charge in [0.2, 0.25) is 0 Å². The summed E-state index contributed by atoms with van der Waals surface area (Å²) >= 11 is 1.20. The van der Waals surface area contributed by atoms with Gasteiger partial charge in [-0.05, 0) is 24.3 Å². The highest BCUT2D eigenvalue weighted by Crippen LogP contribution is 2.38. The van der Waals surface area contributed by atoms with E-state index in [4.69, 9.17) is 15.6 Å². The van der Waals surface area contributed by atoms with Gasteiger partial charge in [-0.15, -0.1) is 23.7 Å². The fourth-order valence-electron chi connectivity index (χ4n) is 1.57. The van der Waals surface area contributed by atoms with Gasteiger partial charge in [-0.1, -0.05) is 6.07 Å². The first-order chi connectivity index (χ1) is 8.13. The molecule has 4 nitrogen and oxygen atoms in total. The summed E-state index contributed by atoms with van der Waals surface area (Å²) in [6.07, 6.45) is 0. The summed E-state index contributed by atoms with van der Waals surface area (Å²) in [6.45, 7) is 0. The van der Waals surface area contributed by atoms with Gasteiger partial charge in [-0.2, -0.15) is 0 Å². The van der Waals surface area contributed by atoms with Gasteiger partial charge in [0.25, 0.3) is 0 Å². The Hall–Kier alpha value is -1.72. The molecule has 0 unspecified atom stereocenters. The SMILES string of the molecule is COc1c(N)cccc1-c1ccc(C(=O)O)s1.Cl. The molecule has 0 radical (unpaired) electrons. The Morgan fingerprint density at radius 2 is 2.06 bits per heavy atom. The van der Waals surface area contributed by atoms with Gasteiger partial charge < -0.3 is 15.6 Å². The van der Waals surface area contributed by atoms with E-state index < -0.39 is 5.97 Å². The molecular formula is C12H12ClNO3S. The molecule has 0 aliphatic heterocycles. The first-order valence-corrected chi connectivity index (χ1v) is 5.71. The second-order valence-electron chi connectivity index (χ2n) is 3.40. The first-order valence-electron chi connectivity index (χ1n) is 4.89.